The molecule has 0 aliphatic carbocycles. The topological polar surface area (TPSA) is 96.0 Å². The van der Waals surface area contributed by atoms with E-state index in [0.29, 0.717) is 29.5 Å². The zero-order valence-corrected chi connectivity index (χ0v) is 30.0. The molecule has 0 radical (unpaired) electrons. The summed E-state index contributed by atoms with van der Waals surface area (Å²) in [4.78, 5) is 30.9. The van der Waals surface area contributed by atoms with Gasteiger partial charge in [0.15, 0.2) is 0 Å². The number of nitrogens with one attached hydrogen (secondary N) is 1. The number of amides is 2. The van der Waals surface area contributed by atoms with E-state index in [9.17, 15) is 18.0 Å². The number of sulfonamides is 1. The van der Waals surface area contributed by atoms with Crippen LogP contribution >= 0.6 is 23.4 Å². The molecule has 0 aromatic heterocycles. The molecule has 48 heavy (non-hydrogen) atoms. The number of thioether (sulfide) groups is 1. The number of ether oxygens (including phenoxy) is 1. The van der Waals surface area contributed by atoms with E-state index in [0.717, 1.165) is 14.8 Å². The first-order valence-electron chi connectivity index (χ1n) is 15.8. The Bertz CT molecular complexity index is 1750. The molecule has 0 bridgehead atoms. The van der Waals surface area contributed by atoms with Crippen molar-refractivity contribution in [1.82, 2.24) is 10.2 Å². The smallest absolute Gasteiger partial charge is 0.264 e. The number of hydrogen-bond acceptors (Lipinski definition) is 6. The molecule has 4 aromatic rings. The molecular weight excluding hydrogens is 666 g/mol. The van der Waals surface area contributed by atoms with Crippen molar-refractivity contribution in [2.75, 3.05) is 30.3 Å². The van der Waals surface area contributed by atoms with Crippen molar-refractivity contribution < 1.29 is 22.7 Å². The van der Waals surface area contributed by atoms with E-state index in [1.807, 2.05) is 63.4 Å². The highest BCUT2D eigenvalue weighted by atomic mass is 35.5. The molecule has 1 atom stereocenters. The van der Waals surface area contributed by atoms with Crippen molar-refractivity contribution in [2.45, 2.75) is 49.6 Å². The molecule has 11 heteroatoms. The van der Waals surface area contributed by atoms with Crippen molar-refractivity contribution in [3.63, 3.8) is 0 Å². The average molecular weight is 708 g/mol. The lowest BCUT2D eigenvalue weighted by molar-refractivity contribution is -0.140. The van der Waals surface area contributed by atoms with E-state index in [1.54, 1.807) is 54.6 Å². The van der Waals surface area contributed by atoms with Crippen LogP contribution in [0.25, 0.3) is 0 Å². The predicted octanol–water partition coefficient (Wildman–Crippen LogP) is 7.07. The predicted molar refractivity (Wildman–Crippen MR) is 194 cm³/mol. The largest absolute Gasteiger partial charge is 0.494 e. The minimum absolute atomic E-state index is 0.00924. The van der Waals surface area contributed by atoms with Gasteiger partial charge in [0.1, 0.15) is 18.3 Å². The fraction of sp³-hybridized carbons (Fsp3) is 0.297. The first-order valence-corrected chi connectivity index (χ1v) is 18.8. The van der Waals surface area contributed by atoms with Crippen LogP contribution in [0.5, 0.6) is 5.75 Å². The van der Waals surface area contributed by atoms with Gasteiger partial charge in [-0.2, -0.15) is 0 Å². The number of anilines is 1. The van der Waals surface area contributed by atoms with Crippen LogP contribution in [0.1, 0.15) is 31.9 Å². The lowest BCUT2D eigenvalue weighted by Crippen LogP contribution is -2.53. The van der Waals surface area contributed by atoms with Crippen LogP contribution < -0.4 is 14.4 Å². The fourth-order valence-electron chi connectivity index (χ4n) is 5.07. The van der Waals surface area contributed by atoms with Crippen LogP contribution in [0.2, 0.25) is 5.02 Å². The minimum atomic E-state index is -4.23. The summed E-state index contributed by atoms with van der Waals surface area (Å²) >= 11 is 8.08. The van der Waals surface area contributed by atoms with Crippen LogP contribution in [-0.4, -0.2) is 57.1 Å². The Morgan fingerprint density at radius 3 is 2.15 bits per heavy atom. The third kappa shape index (κ3) is 9.78. The maximum absolute atomic E-state index is 14.6. The van der Waals surface area contributed by atoms with E-state index in [-0.39, 0.29) is 35.4 Å². The number of benzene rings is 4. The van der Waals surface area contributed by atoms with Crippen molar-refractivity contribution in [3.05, 3.63) is 119 Å². The highest BCUT2D eigenvalue weighted by Crippen LogP contribution is 2.28. The second-order valence-electron chi connectivity index (χ2n) is 11.6. The van der Waals surface area contributed by atoms with Gasteiger partial charge in [0.25, 0.3) is 10.0 Å². The van der Waals surface area contributed by atoms with E-state index >= 15 is 0 Å². The molecule has 0 spiro atoms. The van der Waals surface area contributed by atoms with Gasteiger partial charge in [-0.1, -0.05) is 74.0 Å². The number of hydrogen-bond donors (Lipinski definition) is 1. The molecule has 8 nitrogen and oxygen atoms in total. The standard InChI is InChI=1S/C37H42ClN3O5S2/c1-5-46-31-17-15-30(16-18-31)41(48(44,45)33-21-19-32(47-4)20-22-33)26-36(42)40(25-29-13-9-10-14-34(29)38)35(37(43)39-24-27(2)3)23-28-11-7-6-8-12-28/h6-22,27,35H,5,23-26H2,1-4H3,(H,39,43). The van der Waals surface area contributed by atoms with Gasteiger partial charge in [-0.05, 0) is 84.8 Å². The Morgan fingerprint density at radius 1 is 0.896 bits per heavy atom. The molecule has 0 heterocycles. The summed E-state index contributed by atoms with van der Waals surface area (Å²) in [5.41, 5.74) is 1.76. The van der Waals surface area contributed by atoms with Crippen LogP contribution in [-0.2, 0) is 32.6 Å². The Kier molecular flexibility index (Phi) is 13.4. The maximum Gasteiger partial charge on any atom is 0.264 e. The van der Waals surface area contributed by atoms with Crippen molar-refractivity contribution in [2.24, 2.45) is 5.92 Å². The molecule has 0 saturated heterocycles. The Labute approximate surface area is 293 Å². The first-order chi connectivity index (χ1) is 23.0. The summed E-state index contributed by atoms with van der Waals surface area (Å²) in [6.07, 6.45) is 2.12. The van der Waals surface area contributed by atoms with Gasteiger partial charge in [0.2, 0.25) is 11.8 Å². The monoisotopic (exact) mass is 707 g/mol. The molecule has 0 fully saturated rings. The zero-order valence-electron chi connectivity index (χ0n) is 27.6. The zero-order chi connectivity index (χ0) is 34.7. The normalized spacial score (nSPS) is 12.0. The summed E-state index contributed by atoms with van der Waals surface area (Å²) in [7, 11) is -4.23. The second kappa shape index (κ2) is 17.4. The highest BCUT2D eigenvalue weighted by molar-refractivity contribution is 7.98. The number of carbonyl (C=O) groups excluding carboxylic acids is 2. The van der Waals surface area contributed by atoms with Crippen molar-refractivity contribution in [3.8, 4) is 5.75 Å². The summed E-state index contributed by atoms with van der Waals surface area (Å²) in [6.45, 7) is 6.13. The minimum Gasteiger partial charge on any atom is -0.494 e. The van der Waals surface area contributed by atoms with Gasteiger partial charge in [-0.15, -0.1) is 11.8 Å². The second-order valence-corrected chi connectivity index (χ2v) is 14.7. The molecule has 4 aromatic carbocycles. The number of nitrogens with zero attached hydrogens (tertiary/aromatic N) is 2. The van der Waals surface area contributed by atoms with E-state index in [2.05, 4.69) is 5.32 Å². The lowest BCUT2D eigenvalue weighted by atomic mass is 10.0. The SMILES string of the molecule is CCOc1ccc(N(CC(=O)N(Cc2ccccc2Cl)C(Cc2ccccc2)C(=O)NCC(C)C)S(=O)(=O)c2ccc(SC)cc2)cc1. The average Bonchev–Trinajstić information content (AvgIpc) is 3.09. The van der Waals surface area contributed by atoms with Crippen LogP contribution in [0.4, 0.5) is 5.69 Å². The van der Waals surface area contributed by atoms with Crippen LogP contribution in [0, 0.1) is 5.92 Å². The summed E-state index contributed by atoms with van der Waals surface area (Å²) in [6, 6.07) is 28.7. The molecule has 2 amide bonds. The Hall–Kier alpha value is -3.99. The number of halogens is 1. The van der Waals surface area contributed by atoms with Gasteiger partial charge in [-0.25, -0.2) is 8.42 Å². The third-order valence-corrected chi connectivity index (χ3v) is 10.5. The summed E-state index contributed by atoms with van der Waals surface area (Å²) in [5.74, 6) is -0.152. The molecule has 0 aliphatic rings. The quantitative estimate of drug-likeness (QED) is 0.125. The van der Waals surface area contributed by atoms with E-state index in [1.165, 1.54) is 28.8 Å². The third-order valence-electron chi connectivity index (χ3n) is 7.62. The molecule has 0 aliphatic heterocycles. The highest BCUT2D eigenvalue weighted by Gasteiger charge is 2.35. The van der Waals surface area contributed by atoms with Crippen molar-refractivity contribution in [1.29, 1.82) is 0 Å². The summed E-state index contributed by atoms with van der Waals surface area (Å²) < 4.78 is 35.3. The van der Waals surface area contributed by atoms with Gasteiger partial charge >= 0.3 is 0 Å². The van der Waals surface area contributed by atoms with E-state index in [4.69, 9.17) is 16.3 Å². The molecule has 4 rings (SSSR count). The molecule has 254 valence electrons. The van der Waals surface area contributed by atoms with Gasteiger partial charge in [-0.3, -0.25) is 13.9 Å². The van der Waals surface area contributed by atoms with Crippen molar-refractivity contribution >= 4 is 50.9 Å². The molecule has 1 N–H and O–H groups in total. The molecule has 0 saturated carbocycles. The molecular formula is C37H42ClN3O5S2. The van der Waals surface area contributed by atoms with E-state index < -0.39 is 28.5 Å². The maximum atomic E-state index is 14.6. The fourth-order valence-corrected chi connectivity index (χ4v) is 7.08. The van der Waals surface area contributed by atoms with Crippen LogP contribution in [0.15, 0.2) is 113 Å². The van der Waals surface area contributed by atoms with Crippen LogP contribution in [0.3, 0.4) is 0 Å². The molecule has 1 unspecified atom stereocenters. The first kappa shape index (κ1) is 36.8. The Balaban J connectivity index is 1.81. The number of carbonyl (C=O) groups is 2. The summed E-state index contributed by atoms with van der Waals surface area (Å²) in [5, 5.41) is 3.43. The lowest BCUT2D eigenvalue weighted by Gasteiger charge is -2.34. The van der Waals surface area contributed by atoms with Gasteiger partial charge < -0.3 is 15.0 Å². The number of rotatable bonds is 16. The van der Waals surface area contributed by atoms with Gasteiger partial charge in [0, 0.05) is 29.4 Å². The van der Waals surface area contributed by atoms with Gasteiger partial charge in [0.05, 0.1) is 17.2 Å². The Morgan fingerprint density at radius 2 is 1.54 bits per heavy atom.